The second-order valence-corrected chi connectivity index (χ2v) is 9.34. The molecule has 0 heterocycles. The van der Waals surface area contributed by atoms with Gasteiger partial charge in [0, 0.05) is 27.7 Å². The smallest absolute Gasteiger partial charge is 0.261 e. The first-order chi connectivity index (χ1) is 14.6. The van der Waals surface area contributed by atoms with Crippen LogP contribution < -0.4 is 10.1 Å². The second kappa shape index (κ2) is 12.0. The molecule has 0 aliphatic carbocycles. The van der Waals surface area contributed by atoms with Crippen molar-refractivity contribution in [1.82, 2.24) is 10.2 Å². The van der Waals surface area contributed by atoms with Gasteiger partial charge >= 0.3 is 0 Å². The molecule has 5 nitrogen and oxygen atoms in total. The van der Waals surface area contributed by atoms with Crippen LogP contribution in [0.4, 0.5) is 0 Å². The van der Waals surface area contributed by atoms with Gasteiger partial charge in [0.25, 0.3) is 5.91 Å². The van der Waals surface area contributed by atoms with Crippen LogP contribution in [0.3, 0.4) is 0 Å². The van der Waals surface area contributed by atoms with Gasteiger partial charge in [0.15, 0.2) is 6.61 Å². The number of benzene rings is 2. The molecule has 0 fully saturated rings. The minimum atomic E-state index is -0.682. The molecule has 0 spiro atoms. The number of nitrogens with zero attached hydrogens (tertiary/aromatic N) is 1. The standard InChI is InChI=1S/C22H24BrCl3N2O3/c1-4-19(22(30)27-13(2)3)28(11-14-5-6-16(25)10-18(14)26)21(29)12-31-20-8-7-15(24)9-17(20)23/h5-10,13,19H,4,11-12H2,1-3H3,(H,27,30)/t19-/m0/s1. The van der Waals surface area contributed by atoms with Crippen LogP contribution in [0.1, 0.15) is 32.8 Å². The van der Waals surface area contributed by atoms with Crippen molar-refractivity contribution >= 4 is 62.5 Å². The van der Waals surface area contributed by atoms with Crippen molar-refractivity contribution in [3.63, 3.8) is 0 Å². The largest absolute Gasteiger partial charge is 0.483 e. The van der Waals surface area contributed by atoms with Crippen molar-refractivity contribution in [2.75, 3.05) is 6.61 Å². The van der Waals surface area contributed by atoms with E-state index >= 15 is 0 Å². The van der Waals surface area contributed by atoms with Crippen molar-refractivity contribution < 1.29 is 14.3 Å². The van der Waals surface area contributed by atoms with Crippen LogP contribution in [-0.4, -0.2) is 35.4 Å². The summed E-state index contributed by atoms with van der Waals surface area (Å²) in [5.74, 6) is -0.107. The van der Waals surface area contributed by atoms with Gasteiger partial charge in [0.05, 0.1) is 4.47 Å². The fourth-order valence-electron chi connectivity index (χ4n) is 2.95. The number of halogens is 4. The fraction of sp³-hybridized carbons (Fsp3) is 0.364. The first-order valence-corrected chi connectivity index (χ1v) is 11.7. The Morgan fingerprint density at radius 1 is 1.10 bits per heavy atom. The summed E-state index contributed by atoms with van der Waals surface area (Å²) in [6.07, 6.45) is 0.431. The minimum absolute atomic E-state index is 0.0566. The number of nitrogens with one attached hydrogen (secondary N) is 1. The maximum Gasteiger partial charge on any atom is 0.261 e. The van der Waals surface area contributed by atoms with Gasteiger partial charge in [-0.1, -0.05) is 47.8 Å². The Labute approximate surface area is 206 Å². The summed E-state index contributed by atoms with van der Waals surface area (Å²) in [5.41, 5.74) is 0.683. The Morgan fingerprint density at radius 2 is 1.74 bits per heavy atom. The van der Waals surface area contributed by atoms with Gasteiger partial charge in [-0.25, -0.2) is 0 Å². The molecule has 0 unspecified atom stereocenters. The third-order valence-corrected chi connectivity index (χ3v) is 5.86. The highest BCUT2D eigenvalue weighted by Gasteiger charge is 2.30. The fourth-order valence-corrected chi connectivity index (χ4v) is 4.21. The number of ether oxygens (including phenoxy) is 1. The molecule has 0 radical (unpaired) electrons. The number of carbonyl (C=O) groups is 2. The van der Waals surface area contributed by atoms with Gasteiger partial charge in [-0.3, -0.25) is 9.59 Å². The number of amides is 2. The van der Waals surface area contributed by atoms with Gasteiger partial charge < -0.3 is 15.0 Å². The molecule has 168 valence electrons. The van der Waals surface area contributed by atoms with Crippen LogP contribution in [0.5, 0.6) is 5.75 Å². The molecule has 1 N–H and O–H groups in total. The summed E-state index contributed by atoms with van der Waals surface area (Å²) in [6, 6.07) is 9.33. The predicted molar refractivity (Wildman–Crippen MR) is 129 cm³/mol. The SMILES string of the molecule is CC[C@@H](C(=O)NC(C)C)N(Cc1ccc(Cl)cc1Cl)C(=O)COc1ccc(Cl)cc1Br. The van der Waals surface area contributed by atoms with E-state index < -0.39 is 6.04 Å². The summed E-state index contributed by atoms with van der Waals surface area (Å²) >= 11 is 21.6. The topological polar surface area (TPSA) is 58.6 Å². The molecular formula is C22H24BrCl3N2O3. The average Bonchev–Trinajstić information content (AvgIpc) is 2.68. The summed E-state index contributed by atoms with van der Waals surface area (Å²) in [6.45, 7) is 5.48. The van der Waals surface area contributed by atoms with Crippen LogP contribution in [0, 0.1) is 0 Å². The Hall–Kier alpha value is -1.47. The van der Waals surface area contributed by atoms with Crippen LogP contribution in [0.25, 0.3) is 0 Å². The third-order valence-electron chi connectivity index (χ3n) is 4.42. The van der Waals surface area contributed by atoms with Crippen molar-refractivity contribution in [1.29, 1.82) is 0 Å². The van der Waals surface area contributed by atoms with Gasteiger partial charge in [0.2, 0.25) is 5.91 Å². The molecule has 2 amide bonds. The van der Waals surface area contributed by atoms with Crippen LogP contribution in [0.15, 0.2) is 40.9 Å². The minimum Gasteiger partial charge on any atom is -0.483 e. The second-order valence-electron chi connectivity index (χ2n) is 7.21. The molecule has 0 aromatic heterocycles. The lowest BCUT2D eigenvalue weighted by Crippen LogP contribution is -2.51. The lowest BCUT2D eigenvalue weighted by molar-refractivity contribution is -0.143. The van der Waals surface area contributed by atoms with E-state index in [-0.39, 0.29) is 31.0 Å². The Balaban J connectivity index is 2.27. The van der Waals surface area contributed by atoms with E-state index in [9.17, 15) is 9.59 Å². The molecule has 1 atom stereocenters. The van der Waals surface area contributed by atoms with E-state index in [0.29, 0.717) is 37.3 Å². The Kier molecular flexibility index (Phi) is 9.94. The zero-order chi connectivity index (χ0) is 23.1. The monoisotopic (exact) mass is 548 g/mol. The number of hydrogen-bond acceptors (Lipinski definition) is 3. The van der Waals surface area contributed by atoms with E-state index in [1.165, 1.54) is 4.90 Å². The zero-order valence-corrected chi connectivity index (χ0v) is 21.3. The average molecular weight is 551 g/mol. The summed E-state index contributed by atoms with van der Waals surface area (Å²) in [7, 11) is 0. The van der Waals surface area contributed by atoms with Gasteiger partial charge in [-0.2, -0.15) is 0 Å². The first kappa shape index (κ1) is 25.8. The van der Waals surface area contributed by atoms with E-state index in [1.54, 1.807) is 36.4 Å². The van der Waals surface area contributed by atoms with Crippen molar-refractivity contribution in [2.24, 2.45) is 0 Å². The molecule has 2 aromatic rings. The molecule has 2 aromatic carbocycles. The Morgan fingerprint density at radius 3 is 2.32 bits per heavy atom. The maximum atomic E-state index is 13.2. The van der Waals surface area contributed by atoms with Gasteiger partial charge in [0.1, 0.15) is 11.8 Å². The number of hydrogen-bond donors (Lipinski definition) is 1. The van der Waals surface area contributed by atoms with Crippen LogP contribution >= 0.6 is 50.7 Å². The molecule has 0 aliphatic rings. The highest BCUT2D eigenvalue weighted by molar-refractivity contribution is 9.10. The quantitative estimate of drug-likeness (QED) is 0.409. The molecule has 9 heteroatoms. The summed E-state index contributed by atoms with van der Waals surface area (Å²) < 4.78 is 6.32. The van der Waals surface area contributed by atoms with Crippen LogP contribution in [0.2, 0.25) is 15.1 Å². The van der Waals surface area contributed by atoms with E-state index in [0.717, 1.165) is 0 Å². The maximum absolute atomic E-state index is 13.2. The lowest BCUT2D eigenvalue weighted by Gasteiger charge is -2.31. The number of rotatable bonds is 9. The van der Waals surface area contributed by atoms with Crippen molar-refractivity contribution in [3.8, 4) is 5.75 Å². The van der Waals surface area contributed by atoms with E-state index in [1.807, 2.05) is 20.8 Å². The number of carbonyl (C=O) groups excluding carboxylic acids is 2. The highest BCUT2D eigenvalue weighted by Crippen LogP contribution is 2.28. The third kappa shape index (κ3) is 7.56. The van der Waals surface area contributed by atoms with Gasteiger partial charge in [-0.15, -0.1) is 0 Å². The molecule has 31 heavy (non-hydrogen) atoms. The summed E-state index contributed by atoms with van der Waals surface area (Å²) in [4.78, 5) is 27.5. The first-order valence-electron chi connectivity index (χ1n) is 9.74. The van der Waals surface area contributed by atoms with Crippen LogP contribution in [-0.2, 0) is 16.1 Å². The molecule has 0 saturated carbocycles. The molecule has 0 bridgehead atoms. The van der Waals surface area contributed by atoms with Gasteiger partial charge in [-0.05, 0) is 72.1 Å². The Bertz CT molecular complexity index is 940. The van der Waals surface area contributed by atoms with E-state index in [4.69, 9.17) is 39.5 Å². The van der Waals surface area contributed by atoms with Crippen molar-refractivity contribution in [2.45, 2.75) is 45.8 Å². The molecular weight excluding hydrogens is 527 g/mol. The lowest BCUT2D eigenvalue weighted by atomic mass is 10.1. The van der Waals surface area contributed by atoms with E-state index in [2.05, 4.69) is 21.2 Å². The zero-order valence-electron chi connectivity index (χ0n) is 17.4. The molecule has 2 rings (SSSR count). The highest BCUT2D eigenvalue weighted by atomic mass is 79.9. The predicted octanol–water partition coefficient (Wildman–Crippen LogP) is 6.12. The normalized spacial score (nSPS) is 11.9. The molecule has 0 saturated heterocycles. The molecule has 0 aliphatic heterocycles. The van der Waals surface area contributed by atoms with Crippen molar-refractivity contribution in [3.05, 3.63) is 61.5 Å². The summed E-state index contributed by atoms with van der Waals surface area (Å²) in [5, 5.41) is 4.34.